The number of methoxy groups -OCH3 is 2. The predicted octanol–water partition coefficient (Wildman–Crippen LogP) is 2.91. The molecule has 1 saturated heterocycles. The van der Waals surface area contributed by atoms with E-state index < -0.39 is 29.7 Å². The normalized spacial score (nSPS) is 28.3. The molecule has 0 aliphatic carbocycles. The van der Waals surface area contributed by atoms with E-state index in [9.17, 15) is 4.79 Å². The average molecular weight is 429 g/mol. The van der Waals surface area contributed by atoms with Gasteiger partial charge in [-0.2, -0.15) is 0 Å². The van der Waals surface area contributed by atoms with Crippen LogP contribution in [-0.2, 0) is 30.3 Å². The molecule has 2 aromatic rings. The van der Waals surface area contributed by atoms with E-state index in [-0.39, 0.29) is 6.79 Å². The summed E-state index contributed by atoms with van der Waals surface area (Å²) >= 11 is 0. The molecule has 2 aliphatic heterocycles. The van der Waals surface area contributed by atoms with E-state index >= 15 is 0 Å². The Morgan fingerprint density at radius 1 is 1.03 bits per heavy atom. The monoisotopic (exact) mass is 429 g/mol. The van der Waals surface area contributed by atoms with Crippen molar-refractivity contribution >= 4 is 5.97 Å². The Bertz CT molecular complexity index is 937. The fraction of sp³-hybridized carbons (Fsp3) is 0.435. The zero-order chi connectivity index (χ0) is 22.1. The van der Waals surface area contributed by atoms with Crippen LogP contribution in [0.5, 0.6) is 11.5 Å². The number of hydrogen-bond acceptors (Lipinski definition) is 8. The van der Waals surface area contributed by atoms with Crippen LogP contribution < -0.4 is 14.8 Å². The zero-order valence-electron chi connectivity index (χ0n) is 18.0. The highest BCUT2D eigenvalue weighted by Gasteiger charge is 2.59. The lowest BCUT2D eigenvalue weighted by atomic mass is 9.97. The highest BCUT2D eigenvalue weighted by atomic mass is 16.8. The maximum atomic E-state index is 13.1. The van der Waals surface area contributed by atoms with Gasteiger partial charge in [0.15, 0.2) is 17.6 Å². The highest BCUT2D eigenvalue weighted by Crippen LogP contribution is 2.41. The molecule has 0 radical (unpaired) electrons. The molecule has 0 unspecified atom stereocenters. The molecular formula is C23H27NO7. The number of fused-ring (bicyclic) bond motifs is 1. The Hall–Kier alpha value is -2.65. The highest BCUT2D eigenvalue weighted by molar-refractivity contribution is 5.77. The number of nitrogens with one attached hydrogen (secondary N) is 1. The maximum Gasteiger partial charge on any atom is 0.340 e. The molecule has 8 nitrogen and oxygen atoms in total. The molecule has 1 N–H and O–H groups in total. The molecule has 166 valence electrons. The fourth-order valence-corrected chi connectivity index (χ4v) is 3.73. The van der Waals surface area contributed by atoms with Gasteiger partial charge in [0.1, 0.15) is 0 Å². The summed E-state index contributed by atoms with van der Waals surface area (Å²) in [4.78, 5) is 13.1. The number of carbonyl (C=O) groups is 1. The molecule has 0 saturated carbocycles. The van der Waals surface area contributed by atoms with Crippen LogP contribution in [0.3, 0.4) is 0 Å². The molecule has 4 atom stereocenters. The smallest absolute Gasteiger partial charge is 0.340 e. The van der Waals surface area contributed by atoms with Crippen LogP contribution in [0.4, 0.5) is 0 Å². The summed E-state index contributed by atoms with van der Waals surface area (Å²) < 4.78 is 33.9. The maximum absolute atomic E-state index is 13.1. The van der Waals surface area contributed by atoms with Crippen LogP contribution in [-0.4, -0.2) is 44.7 Å². The molecule has 2 heterocycles. The van der Waals surface area contributed by atoms with Crippen molar-refractivity contribution in [2.45, 2.75) is 44.1 Å². The second kappa shape index (κ2) is 8.47. The fourth-order valence-electron chi connectivity index (χ4n) is 3.73. The Kier molecular flexibility index (Phi) is 5.90. The van der Waals surface area contributed by atoms with Crippen molar-refractivity contribution in [3.63, 3.8) is 0 Å². The third-order valence-corrected chi connectivity index (χ3v) is 5.91. The summed E-state index contributed by atoms with van der Waals surface area (Å²) in [6.07, 6.45) is -0.989. The molecule has 0 aromatic heterocycles. The number of hydrogen-bond donors (Lipinski definition) is 1. The molecule has 1 fully saturated rings. The first-order chi connectivity index (χ1) is 14.9. The van der Waals surface area contributed by atoms with E-state index in [1.165, 1.54) is 14.2 Å². The first kappa shape index (κ1) is 21.6. The SMILES string of the molecule is CO[C@@]1(C)OC(=O)[C@@H]([C@@H](NCc2ccccc2)c2ccc3c(c2)OCO3)O[C@]1(C)OC. The summed E-state index contributed by atoms with van der Waals surface area (Å²) in [5.41, 5.74) is 1.86. The third kappa shape index (κ3) is 3.99. The van der Waals surface area contributed by atoms with Gasteiger partial charge < -0.3 is 33.7 Å². The number of rotatable bonds is 7. The van der Waals surface area contributed by atoms with Crippen molar-refractivity contribution in [2.24, 2.45) is 0 Å². The summed E-state index contributed by atoms with van der Waals surface area (Å²) in [5.74, 6) is -1.99. The molecule has 0 bridgehead atoms. The molecule has 2 aromatic carbocycles. The summed E-state index contributed by atoms with van der Waals surface area (Å²) in [6.45, 7) is 3.97. The van der Waals surface area contributed by atoms with E-state index in [1.54, 1.807) is 13.8 Å². The number of ether oxygens (including phenoxy) is 6. The standard InChI is InChI=1S/C23H27NO7/c1-22(26-3)23(2,27-4)31-21(25)20(30-22)19(24-13-15-8-6-5-7-9-15)16-10-11-17-18(12-16)29-14-28-17/h5-12,19-20,24H,13-14H2,1-4H3/t19-,20+,22-,23-/m0/s1. The van der Waals surface area contributed by atoms with Crippen molar-refractivity contribution in [3.05, 3.63) is 59.7 Å². The van der Waals surface area contributed by atoms with Gasteiger partial charge >= 0.3 is 5.97 Å². The Morgan fingerprint density at radius 3 is 2.45 bits per heavy atom. The van der Waals surface area contributed by atoms with E-state index in [0.29, 0.717) is 18.0 Å². The second-order valence-corrected chi connectivity index (χ2v) is 7.72. The molecule has 4 rings (SSSR count). The Morgan fingerprint density at radius 2 is 1.74 bits per heavy atom. The quantitative estimate of drug-likeness (QED) is 0.673. The number of cyclic esters (lactones) is 1. The summed E-state index contributed by atoms with van der Waals surface area (Å²) in [5, 5.41) is 3.43. The van der Waals surface area contributed by atoms with Gasteiger partial charge in [-0.05, 0) is 30.2 Å². The van der Waals surface area contributed by atoms with Crippen molar-refractivity contribution in [1.82, 2.24) is 5.32 Å². The van der Waals surface area contributed by atoms with Gasteiger partial charge in [-0.1, -0.05) is 36.4 Å². The average Bonchev–Trinajstić information content (AvgIpc) is 3.26. The van der Waals surface area contributed by atoms with E-state index in [2.05, 4.69) is 5.32 Å². The predicted molar refractivity (Wildman–Crippen MR) is 110 cm³/mol. The zero-order valence-corrected chi connectivity index (χ0v) is 18.0. The van der Waals surface area contributed by atoms with Crippen LogP contribution in [0.15, 0.2) is 48.5 Å². The van der Waals surface area contributed by atoms with Gasteiger partial charge in [0.05, 0.1) is 6.04 Å². The number of esters is 1. The molecular weight excluding hydrogens is 402 g/mol. The van der Waals surface area contributed by atoms with Crippen molar-refractivity contribution in [3.8, 4) is 11.5 Å². The van der Waals surface area contributed by atoms with Crippen LogP contribution in [0.1, 0.15) is 31.0 Å². The lowest BCUT2D eigenvalue weighted by Crippen LogP contribution is -2.65. The molecule has 31 heavy (non-hydrogen) atoms. The number of benzene rings is 2. The second-order valence-electron chi connectivity index (χ2n) is 7.72. The van der Waals surface area contributed by atoms with Gasteiger partial charge in [0.25, 0.3) is 5.79 Å². The third-order valence-electron chi connectivity index (χ3n) is 5.91. The van der Waals surface area contributed by atoms with E-state index in [1.807, 2.05) is 48.5 Å². The van der Waals surface area contributed by atoms with E-state index in [0.717, 1.165) is 11.1 Å². The van der Waals surface area contributed by atoms with Crippen LogP contribution in [0.2, 0.25) is 0 Å². The topological polar surface area (TPSA) is 84.5 Å². The van der Waals surface area contributed by atoms with Gasteiger partial charge in [-0.25, -0.2) is 4.79 Å². The van der Waals surface area contributed by atoms with Crippen LogP contribution in [0.25, 0.3) is 0 Å². The lowest BCUT2D eigenvalue weighted by Gasteiger charge is -2.49. The molecule has 0 spiro atoms. The van der Waals surface area contributed by atoms with Crippen LogP contribution in [0, 0.1) is 0 Å². The van der Waals surface area contributed by atoms with Crippen LogP contribution >= 0.6 is 0 Å². The largest absolute Gasteiger partial charge is 0.454 e. The number of carbonyl (C=O) groups excluding carboxylic acids is 1. The molecule has 8 heteroatoms. The summed E-state index contributed by atoms with van der Waals surface area (Å²) in [6, 6.07) is 14.9. The van der Waals surface area contributed by atoms with Gasteiger partial charge in [-0.3, -0.25) is 0 Å². The Labute approximate surface area is 181 Å². The lowest BCUT2D eigenvalue weighted by molar-refractivity contribution is -0.407. The minimum atomic E-state index is -1.39. The van der Waals surface area contributed by atoms with Gasteiger partial charge in [-0.15, -0.1) is 0 Å². The minimum Gasteiger partial charge on any atom is -0.454 e. The Balaban J connectivity index is 1.67. The van der Waals surface area contributed by atoms with E-state index in [4.69, 9.17) is 28.4 Å². The van der Waals surface area contributed by atoms with Gasteiger partial charge in [0, 0.05) is 27.7 Å². The van der Waals surface area contributed by atoms with Gasteiger partial charge in [0.2, 0.25) is 12.6 Å². The minimum absolute atomic E-state index is 0.163. The summed E-state index contributed by atoms with van der Waals surface area (Å²) in [7, 11) is 2.93. The van der Waals surface area contributed by atoms with Crippen molar-refractivity contribution in [1.29, 1.82) is 0 Å². The first-order valence-electron chi connectivity index (χ1n) is 10.1. The first-order valence-corrected chi connectivity index (χ1v) is 10.1. The van der Waals surface area contributed by atoms with Crippen molar-refractivity contribution in [2.75, 3.05) is 21.0 Å². The molecule has 0 amide bonds. The van der Waals surface area contributed by atoms with Crippen molar-refractivity contribution < 1.29 is 33.2 Å². The molecule has 2 aliphatic rings.